The van der Waals surface area contributed by atoms with Gasteiger partial charge in [-0.25, -0.2) is 0 Å². The molecule has 15 aliphatic carbocycles. The Labute approximate surface area is 549 Å². The van der Waals surface area contributed by atoms with E-state index in [1.807, 2.05) is 0 Å². The van der Waals surface area contributed by atoms with Crippen LogP contribution in [0.2, 0.25) is 0 Å². The number of hydrogen-bond donors (Lipinski definition) is 1. The van der Waals surface area contributed by atoms with Gasteiger partial charge in [-0.05, 0) is 133 Å². The van der Waals surface area contributed by atoms with E-state index in [4.69, 9.17) is 47.4 Å². The van der Waals surface area contributed by atoms with Gasteiger partial charge >= 0.3 is 0 Å². The summed E-state index contributed by atoms with van der Waals surface area (Å²) in [6.07, 6.45) is 37.3. The van der Waals surface area contributed by atoms with Crippen LogP contribution in [0.25, 0.3) is 0 Å². The monoisotopic (exact) mass is 1460 g/mol. The zero-order chi connectivity index (χ0) is 59.7. The van der Waals surface area contributed by atoms with Gasteiger partial charge in [-0.1, -0.05) is 112 Å². The van der Waals surface area contributed by atoms with Gasteiger partial charge in [-0.3, -0.25) is 14.4 Å². The Bertz CT molecular complexity index is 2560. The van der Waals surface area contributed by atoms with Gasteiger partial charge in [0.25, 0.3) is 0 Å². The molecule has 12 saturated carbocycles. The summed E-state index contributed by atoms with van der Waals surface area (Å²) in [6.45, 7) is 7.50. The molecule has 0 aromatic heterocycles. The van der Waals surface area contributed by atoms with Gasteiger partial charge in [0.15, 0.2) is 28.9 Å². The lowest BCUT2D eigenvalue weighted by molar-refractivity contribution is -0.320. The van der Waals surface area contributed by atoms with Gasteiger partial charge in [0, 0.05) is 122 Å². The third kappa shape index (κ3) is 10.6. The van der Waals surface area contributed by atoms with Crippen molar-refractivity contribution in [2.75, 3.05) is 87.4 Å². The van der Waals surface area contributed by atoms with Crippen LogP contribution in [0.4, 0.5) is 0 Å². The maximum Gasteiger partial charge on any atom is 0.175 e. The van der Waals surface area contributed by atoms with Crippen molar-refractivity contribution in [3.8, 4) is 0 Å². The lowest BCUT2D eigenvalue weighted by Crippen LogP contribution is -2.63. The highest BCUT2D eigenvalue weighted by Crippen LogP contribution is 2.69. The van der Waals surface area contributed by atoms with Crippen molar-refractivity contribution in [2.24, 2.45) is 118 Å². The zero-order valence-corrected chi connectivity index (χ0v) is 57.0. The summed E-state index contributed by atoms with van der Waals surface area (Å²) >= 11 is 13.8. The van der Waals surface area contributed by atoms with Gasteiger partial charge in [0.05, 0.1) is 72.2 Å². The number of hydrogen-bond acceptors (Lipinski definition) is 14. The number of carbonyl (C=O) groups is 3. The van der Waals surface area contributed by atoms with Crippen molar-refractivity contribution < 1.29 is 66.9 Å². The van der Waals surface area contributed by atoms with E-state index in [0.717, 1.165) is 188 Å². The van der Waals surface area contributed by atoms with Gasteiger partial charge in [0.2, 0.25) is 0 Å². The SMILES string of the molecule is BrCC[C@H]1[C@H]2C=CC[C@H]2C12OCCO2.C1=CCC=C1.C1COC2(O1)[C@@H]1C[C@@H]3CC[C@H]2[C@H]1C3.O=C1C2[C@H]3C[C@@H]1CC[C@@H]2C31OCCO1.O=C1CC[C@@H]2[C@H]1[C@H](CCBr)C21OCCO1.O=C1[C@@H](CCBr)[C@H]2C=CC[C@@H]12.OC1CC[C@@H]2[C@H]1[C@H](CCBr)C21OCCO1. The fraction of sp³-hybridized carbons (Fsp3) is 0.841. The lowest BCUT2D eigenvalue weighted by atomic mass is 9.58. The van der Waals surface area contributed by atoms with Crippen molar-refractivity contribution in [3.05, 3.63) is 48.6 Å². The summed E-state index contributed by atoms with van der Waals surface area (Å²) in [6, 6.07) is 0. The number of fused-ring (bicyclic) bond motifs is 13. The van der Waals surface area contributed by atoms with Crippen LogP contribution in [0.3, 0.4) is 0 Å². The number of alkyl halides is 4. The summed E-state index contributed by atoms with van der Waals surface area (Å²) in [5.41, 5.74) is 0. The van der Waals surface area contributed by atoms with Crippen LogP contribution < -0.4 is 0 Å². The molecule has 482 valence electrons. The fourth-order valence-electron chi connectivity index (χ4n) is 22.1. The minimum Gasteiger partial charge on any atom is -0.393 e. The minimum absolute atomic E-state index is 0.0735. The molecule has 20 aliphatic rings. The van der Waals surface area contributed by atoms with Crippen molar-refractivity contribution >= 4 is 81.1 Å². The van der Waals surface area contributed by atoms with Crippen molar-refractivity contribution in [1.82, 2.24) is 0 Å². The van der Waals surface area contributed by atoms with Gasteiger partial charge in [-0.15, -0.1) is 0 Å². The molecule has 4 bridgehead atoms. The molecule has 2 unspecified atom stereocenters. The third-order valence-corrected chi connectivity index (χ3v) is 27.3. The summed E-state index contributed by atoms with van der Waals surface area (Å²) in [5, 5.41) is 13.8. The van der Waals surface area contributed by atoms with Gasteiger partial charge in [-0.2, -0.15) is 0 Å². The van der Waals surface area contributed by atoms with Crippen LogP contribution in [0.5, 0.6) is 0 Å². The standard InChI is InChI=1S/C11H17BrO3.C11H15BrO3.C11H15BrO2.C11H14O3.C11H16O2.C9H11BrO.C5H6/c2*12-4-3-8-10-7(1-2-9(10)13)11(8)14-5-6-15-11;12-5-4-10-8-2-1-3-9(8)11(10)13-6-7-14-11;12-10-6-1-2-7-9(10)8(5-6)11(7)13-3-4-14-11;1-2-9-8-5-7(1)6-10(8)11(9)12-3-4-13-11;10-5-4-8-6-2-1-3-7(6)9(8)11;1-2-4-5-3-1/h7-10,13H,1-6H2;7-8,10H,1-6H2;1-2,8-10H,3-7H2;6-9H,1-5H2;7-10H,1-6H2;1-2,6-8H,3-5H2;1-4H,5H2/t7-,8+,9?,10+;7-,8+,10+;8-,9+,10-;6-,7-,8+,9?;7-,8-,9+,10-;6-,7+,8-;/m110010./s1. The van der Waals surface area contributed by atoms with E-state index in [9.17, 15) is 19.5 Å². The molecule has 14 nitrogen and oxygen atoms in total. The first kappa shape index (κ1) is 63.8. The smallest absolute Gasteiger partial charge is 0.175 e. The molecule has 18 heteroatoms. The normalized spacial score (nSPS) is 45.0. The number of rotatable bonds is 8. The van der Waals surface area contributed by atoms with E-state index in [1.165, 1.54) is 25.7 Å². The molecule has 21 atom stereocenters. The molecule has 20 rings (SSSR count). The fourth-order valence-corrected chi connectivity index (χ4v) is 24.0. The molecular formula is C69H94Br4O14. The Balaban J connectivity index is 0.0000000906. The largest absolute Gasteiger partial charge is 0.393 e. The molecule has 5 spiro atoms. The van der Waals surface area contributed by atoms with Crippen LogP contribution in [-0.4, -0.2) is 145 Å². The number of allylic oxidation sites excluding steroid dienone is 8. The van der Waals surface area contributed by atoms with E-state index in [0.29, 0.717) is 119 Å². The van der Waals surface area contributed by atoms with Crippen LogP contribution in [-0.2, 0) is 61.8 Å². The van der Waals surface area contributed by atoms with Crippen molar-refractivity contribution in [2.45, 2.75) is 151 Å². The van der Waals surface area contributed by atoms with E-state index < -0.39 is 0 Å². The number of aliphatic hydroxyl groups is 1. The Morgan fingerprint density at radius 3 is 1.60 bits per heavy atom. The molecule has 0 radical (unpaired) electrons. The first-order valence-corrected chi connectivity index (χ1v) is 38.6. The molecule has 1 N–H and O–H groups in total. The van der Waals surface area contributed by atoms with E-state index in [1.54, 1.807) is 0 Å². The van der Waals surface area contributed by atoms with E-state index >= 15 is 0 Å². The predicted octanol–water partition coefficient (Wildman–Crippen LogP) is 12.0. The average Bonchev–Trinajstić information content (AvgIpc) is 1.59. The molecule has 0 aromatic rings. The Morgan fingerprint density at radius 1 is 0.448 bits per heavy atom. The molecule has 0 amide bonds. The maximum absolute atomic E-state index is 11.9. The number of ketones is 3. The predicted molar refractivity (Wildman–Crippen MR) is 339 cm³/mol. The molecular weight excluding hydrogens is 1370 g/mol. The highest BCUT2D eigenvalue weighted by atomic mass is 79.9. The summed E-state index contributed by atoms with van der Waals surface area (Å²) < 4.78 is 58.4. The summed E-state index contributed by atoms with van der Waals surface area (Å²) in [7, 11) is 0. The number of Topliss-reactive ketones (excluding diaryl/α,β-unsaturated/α-hetero) is 3. The van der Waals surface area contributed by atoms with Crippen LogP contribution in [0.15, 0.2) is 48.6 Å². The zero-order valence-electron chi connectivity index (χ0n) is 50.6. The van der Waals surface area contributed by atoms with Crippen LogP contribution >= 0.6 is 63.7 Å². The first-order valence-electron chi connectivity index (χ1n) is 34.1. The van der Waals surface area contributed by atoms with Crippen LogP contribution in [0.1, 0.15) is 116 Å². The summed E-state index contributed by atoms with van der Waals surface area (Å²) in [4.78, 5) is 35.0. The average molecular weight is 1470 g/mol. The minimum atomic E-state index is -0.384. The third-order valence-electron chi connectivity index (χ3n) is 25.4. The molecule has 5 heterocycles. The second kappa shape index (κ2) is 26.6. The van der Waals surface area contributed by atoms with Crippen molar-refractivity contribution in [3.63, 3.8) is 0 Å². The Hall–Kier alpha value is -0.550. The Kier molecular flexibility index (Phi) is 19.5. The lowest BCUT2D eigenvalue weighted by Gasteiger charge is -2.56. The molecule has 5 aliphatic heterocycles. The highest BCUT2D eigenvalue weighted by molar-refractivity contribution is 9.09. The van der Waals surface area contributed by atoms with Crippen molar-refractivity contribution in [1.29, 1.82) is 0 Å². The topological polar surface area (TPSA) is 164 Å². The molecule has 0 aromatic carbocycles. The second-order valence-corrected chi connectivity index (χ2v) is 31.7. The maximum atomic E-state index is 11.9. The van der Waals surface area contributed by atoms with Gasteiger partial charge in [0.1, 0.15) is 17.3 Å². The molecule has 5 saturated heterocycles. The quantitative estimate of drug-likeness (QED) is 0.180. The Morgan fingerprint density at radius 2 is 0.977 bits per heavy atom. The number of halogens is 4. The second-order valence-electron chi connectivity index (χ2n) is 28.5. The number of ether oxygens (including phenoxy) is 10. The summed E-state index contributed by atoms with van der Waals surface area (Å²) in [5.74, 6) is 10.4. The first-order chi connectivity index (χ1) is 42.5. The molecule has 17 fully saturated rings. The number of carbonyl (C=O) groups excluding carboxylic acids is 3. The van der Waals surface area contributed by atoms with E-state index in [2.05, 4.69) is 112 Å². The van der Waals surface area contributed by atoms with E-state index in [-0.39, 0.29) is 41.0 Å². The van der Waals surface area contributed by atoms with Gasteiger partial charge < -0.3 is 52.5 Å². The molecule has 87 heavy (non-hydrogen) atoms. The highest BCUT2D eigenvalue weighted by Gasteiger charge is 2.75. The van der Waals surface area contributed by atoms with Crippen LogP contribution in [0, 0.1) is 118 Å². The number of aliphatic hydroxyl groups excluding tert-OH is 1.